The van der Waals surface area contributed by atoms with Crippen LogP contribution in [0.3, 0.4) is 0 Å². The van der Waals surface area contributed by atoms with E-state index in [1.807, 2.05) is 0 Å². The first-order valence-corrected chi connectivity index (χ1v) is 9.28. The molecule has 2 fully saturated rings. The lowest BCUT2D eigenvalue weighted by atomic mass is 9.81. The lowest BCUT2D eigenvalue weighted by molar-refractivity contribution is -0.158. The van der Waals surface area contributed by atoms with E-state index in [0.29, 0.717) is 10.8 Å². The molecule has 0 spiro atoms. The Hall–Kier alpha value is -2.08. The van der Waals surface area contributed by atoms with Gasteiger partial charge in [-0.2, -0.15) is 0 Å². The smallest absolute Gasteiger partial charge is 0.329 e. The molecule has 0 N–H and O–H groups in total. The van der Waals surface area contributed by atoms with Gasteiger partial charge in [0.1, 0.15) is 25.0 Å². The minimum Gasteiger partial charge on any atom is -0.490 e. The van der Waals surface area contributed by atoms with Crippen molar-refractivity contribution in [3.8, 4) is 5.75 Å². The maximum atomic E-state index is 12.5. The fourth-order valence-corrected chi connectivity index (χ4v) is 3.75. The average Bonchev–Trinajstić information content (AvgIpc) is 2.90. The summed E-state index contributed by atoms with van der Waals surface area (Å²) in [6.07, 6.45) is 3.36. The summed E-state index contributed by atoms with van der Waals surface area (Å²) in [6, 6.07) is 5.94. The predicted octanol–water partition coefficient (Wildman–Crippen LogP) is 2.83. The highest BCUT2D eigenvalue weighted by Crippen LogP contribution is 2.38. The van der Waals surface area contributed by atoms with E-state index in [2.05, 4.69) is 0 Å². The van der Waals surface area contributed by atoms with E-state index in [1.54, 1.807) is 24.3 Å². The van der Waals surface area contributed by atoms with Crippen LogP contribution >= 0.6 is 11.6 Å². The van der Waals surface area contributed by atoms with Crippen LogP contribution in [0.25, 0.3) is 0 Å². The Morgan fingerprint density at radius 1 is 1.12 bits per heavy atom. The van der Waals surface area contributed by atoms with Crippen molar-refractivity contribution < 1.29 is 23.9 Å². The van der Waals surface area contributed by atoms with Crippen molar-refractivity contribution >= 4 is 29.4 Å². The number of hydrogen-bond acceptors (Lipinski definition) is 5. The molecule has 1 aromatic rings. The van der Waals surface area contributed by atoms with Crippen LogP contribution in [0.5, 0.6) is 5.75 Å². The van der Waals surface area contributed by atoms with Crippen molar-refractivity contribution in [3.05, 3.63) is 29.3 Å². The summed E-state index contributed by atoms with van der Waals surface area (Å²) < 4.78 is 10.6. The topological polar surface area (TPSA) is 72.9 Å². The number of imide groups is 1. The molecule has 0 aromatic heterocycles. The summed E-state index contributed by atoms with van der Waals surface area (Å²) in [4.78, 5) is 38.3. The van der Waals surface area contributed by atoms with Gasteiger partial charge in [0.05, 0.1) is 11.8 Å². The molecule has 6 nitrogen and oxygen atoms in total. The minimum absolute atomic E-state index is 0.0366. The van der Waals surface area contributed by atoms with Crippen LogP contribution in [0.2, 0.25) is 5.02 Å². The van der Waals surface area contributed by atoms with Crippen LogP contribution in [-0.2, 0) is 19.1 Å². The van der Waals surface area contributed by atoms with Crippen LogP contribution in [0.15, 0.2) is 24.3 Å². The standard InChI is InChI=1S/C19H22ClNO5/c1-12(21-17(22)15-4-2-3-5-16(15)18(21)23)19(24)26-11-10-25-14-8-6-13(20)7-9-14/h6-9,12,15-16H,2-5,10-11H2,1H3/t12-,15-,16-/m0/s1. The van der Waals surface area contributed by atoms with E-state index >= 15 is 0 Å². The Kier molecular flexibility index (Phi) is 5.81. The summed E-state index contributed by atoms with van der Waals surface area (Å²) >= 11 is 5.80. The van der Waals surface area contributed by atoms with Crippen LogP contribution < -0.4 is 4.74 Å². The number of amides is 2. The second-order valence-electron chi connectivity index (χ2n) is 6.69. The third-order valence-electron chi connectivity index (χ3n) is 5.01. The second-order valence-corrected chi connectivity index (χ2v) is 7.13. The van der Waals surface area contributed by atoms with Crippen molar-refractivity contribution in [3.63, 3.8) is 0 Å². The Morgan fingerprint density at radius 2 is 1.69 bits per heavy atom. The van der Waals surface area contributed by atoms with Gasteiger partial charge in [-0.3, -0.25) is 14.5 Å². The zero-order valence-corrected chi connectivity index (χ0v) is 15.4. The van der Waals surface area contributed by atoms with Gasteiger partial charge in [0.25, 0.3) is 0 Å². The minimum atomic E-state index is -0.906. The van der Waals surface area contributed by atoms with Gasteiger partial charge in [-0.1, -0.05) is 24.4 Å². The number of likely N-dealkylation sites (tertiary alicyclic amines) is 1. The molecule has 1 saturated carbocycles. The molecular formula is C19H22ClNO5. The molecule has 0 unspecified atom stereocenters. The van der Waals surface area contributed by atoms with Crippen molar-refractivity contribution in [1.29, 1.82) is 0 Å². The monoisotopic (exact) mass is 379 g/mol. The van der Waals surface area contributed by atoms with Crippen molar-refractivity contribution in [2.75, 3.05) is 13.2 Å². The maximum Gasteiger partial charge on any atom is 0.329 e. The van der Waals surface area contributed by atoms with E-state index in [1.165, 1.54) is 6.92 Å². The first-order chi connectivity index (χ1) is 12.5. The Morgan fingerprint density at radius 3 is 2.27 bits per heavy atom. The molecule has 1 heterocycles. The zero-order chi connectivity index (χ0) is 18.7. The fourth-order valence-electron chi connectivity index (χ4n) is 3.63. The molecule has 1 saturated heterocycles. The number of ether oxygens (including phenoxy) is 2. The summed E-state index contributed by atoms with van der Waals surface area (Å²) in [5, 5.41) is 0.609. The molecule has 0 bridgehead atoms. The van der Waals surface area contributed by atoms with Gasteiger partial charge in [0.15, 0.2) is 0 Å². The van der Waals surface area contributed by atoms with Gasteiger partial charge in [0, 0.05) is 5.02 Å². The summed E-state index contributed by atoms with van der Waals surface area (Å²) in [5.41, 5.74) is 0. The summed E-state index contributed by atoms with van der Waals surface area (Å²) in [7, 11) is 0. The van der Waals surface area contributed by atoms with Crippen LogP contribution in [-0.4, -0.2) is 41.9 Å². The first kappa shape index (κ1) is 18.7. The van der Waals surface area contributed by atoms with Crippen LogP contribution in [0.1, 0.15) is 32.6 Å². The third kappa shape index (κ3) is 3.85. The van der Waals surface area contributed by atoms with Crippen molar-refractivity contribution in [1.82, 2.24) is 4.90 Å². The number of hydrogen-bond donors (Lipinski definition) is 0. The number of benzene rings is 1. The highest BCUT2D eigenvalue weighted by atomic mass is 35.5. The quantitative estimate of drug-likeness (QED) is 0.431. The molecule has 1 aromatic carbocycles. The van der Waals surface area contributed by atoms with Gasteiger partial charge in [-0.25, -0.2) is 4.79 Å². The Labute approximate surface area is 157 Å². The molecule has 140 valence electrons. The third-order valence-corrected chi connectivity index (χ3v) is 5.27. The molecular weight excluding hydrogens is 358 g/mol. The zero-order valence-electron chi connectivity index (χ0n) is 14.7. The summed E-state index contributed by atoms with van der Waals surface area (Å²) in [5.74, 6) is -0.972. The largest absolute Gasteiger partial charge is 0.490 e. The predicted molar refractivity (Wildman–Crippen MR) is 94.7 cm³/mol. The van der Waals surface area contributed by atoms with E-state index in [0.717, 1.165) is 30.6 Å². The molecule has 2 amide bonds. The molecule has 3 rings (SSSR count). The maximum absolute atomic E-state index is 12.5. The number of halogens is 1. The lowest BCUT2D eigenvalue weighted by Crippen LogP contribution is -2.44. The number of esters is 1. The highest BCUT2D eigenvalue weighted by Gasteiger charge is 2.51. The second kappa shape index (κ2) is 8.08. The average molecular weight is 380 g/mol. The van der Waals surface area contributed by atoms with Crippen LogP contribution in [0, 0.1) is 11.8 Å². The Bertz CT molecular complexity index is 666. The van der Waals surface area contributed by atoms with Gasteiger partial charge < -0.3 is 9.47 Å². The molecule has 0 radical (unpaired) electrons. The van der Waals surface area contributed by atoms with E-state index in [9.17, 15) is 14.4 Å². The molecule has 3 atom stereocenters. The van der Waals surface area contributed by atoms with Gasteiger partial charge in [-0.15, -0.1) is 0 Å². The Balaban J connectivity index is 1.49. The van der Waals surface area contributed by atoms with Gasteiger partial charge in [0.2, 0.25) is 11.8 Å². The number of nitrogens with zero attached hydrogens (tertiary/aromatic N) is 1. The molecule has 1 aliphatic carbocycles. The van der Waals surface area contributed by atoms with Crippen molar-refractivity contribution in [2.45, 2.75) is 38.6 Å². The first-order valence-electron chi connectivity index (χ1n) is 8.91. The van der Waals surface area contributed by atoms with E-state index in [-0.39, 0.29) is 36.9 Å². The van der Waals surface area contributed by atoms with Gasteiger partial charge >= 0.3 is 5.97 Å². The van der Waals surface area contributed by atoms with E-state index in [4.69, 9.17) is 21.1 Å². The fraction of sp³-hybridized carbons (Fsp3) is 0.526. The SMILES string of the molecule is C[C@@H](C(=O)OCCOc1ccc(Cl)cc1)N1C(=O)[C@H]2CCCC[C@@H]2C1=O. The summed E-state index contributed by atoms with van der Waals surface area (Å²) in [6.45, 7) is 1.75. The number of carbonyl (C=O) groups excluding carboxylic acids is 3. The molecule has 1 aliphatic heterocycles. The van der Waals surface area contributed by atoms with Crippen LogP contribution in [0.4, 0.5) is 0 Å². The number of fused-ring (bicyclic) bond motifs is 1. The van der Waals surface area contributed by atoms with Gasteiger partial charge in [-0.05, 0) is 44.0 Å². The number of carbonyl (C=O) groups is 3. The molecule has 7 heteroatoms. The van der Waals surface area contributed by atoms with E-state index < -0.39 is 12.0 Å². The lowest BCUT2D eigenvalue weighted by Gasteiger charge is -2.21. The molecule has 2 aliphatic rings. The normalized spacial score (nSPS) is 23.5. The highest BCUT2D eigenvalue weighted by molar-refractivity contribution is 6.30. The molecule has 26 heavy (non-hydrogen) atoms. The number of rotatable bonds is 6. The van der Waals surface area contributed by atoms with Crippen molar-refractivity contribution in [2.24, 2.45) is 11.8 Å².